The number of ether oxygens (including phenoxy) is 1. The Labute approximate surface area is 135 Å². The van der Waals surface area contributed by atoms with E-state index in [1.54, 1.807) is 7.11 Å². The van der Waals surface area contributed by atoms with Crippen LogP contribution in [0.3, 0.4) is 0 Å². The van der Waals surface area contributed by atoms with Crippen molar-refractivity contribution in [2.45, 2.75) is 26.3 Å². The van der Waals surface area contributed by atoms with Gasteiger partial charge in [-0.15, -0.1) is 0 Å². The van der Waals surface area contributed by atoms with Crippen molar-refractivity contribution in [3.63, 3.8) is 0 Å². The molecule has 2 rings (SSSR count). The Balaban J connectivity index is 2.20. The van der Waals surface area contributed by atoms with Crippen molar-refractivity contribution < 1.29 is 14.6 Å². The van der Waals surface area contributed by atoms with Crippen molar-refractivity contribution in [3.8, 4) is 17.0 Å². The van der Waals surface area contributed by atoms with E-state index in [0.717, 1.165) is 17.7 Å². The summed E-state index contributed by atoms with van der Waals surface area (Å²) >= 11 is 0. The first kappa shape index (κ1) is 17.0. The lowest BCUT2D eigenvalue weighted by molar-refractivity contribution is 0.0892. The zero-order chi connectivity index (χ0) is 16.8. The van der Waals surface area contributed by atoms with E-state index in [4.69, 9.17) is 4.74 Å². The van der Waals surface area contributed by atoms with E-state index >= 15 is 0 Å². The Morgan fingerprint density at radius 3 is 2.65 bits per heavy atom. The summed E-state index contributed by atoms with van der Waals surface area (Å²) in [6.45, 7) is 3.94. The van der Waals surface area contributed by atoms with Crippen molar-refractivity contribution >= 4 is 5.91 Å². The summed E-state index contributed by atoms with van der Waals surface area (Å²) < 4.78 is 5.14. The number of hydrogen-bond acceptors (Lipinski definition) is 4. The average molecular weight is 317 g/mol. The fraction of sp³-hybridized carbons (Fsp3) is 0.412. The topological polar surface area (TPSA) is 87.2 Å². The van der Waals surface area contributed by atoms with Gasteiger partial charge in [-0.3, -0.25) is 9.89 Å². The standard InChI is InChI=1S/C17H23N3O3/c1-4-11(2)15(10-21)19-17(22)14-9-18-20-16(14)12-5-7-13(23-3)8-6-12/h5-9,11,15,21H,4,10H2,1-3H3,(H,18,20)(H,19,22)/t11-,15-/m0/s1. The molecule has 0 aliphatic heterocycles. The number of methoxy groups -OCH3 is 1. The largest absolute Gasteiger partial charge is 0.497 e. The lowest BCUT2D eigenvalue weighted by atomic mass is 9.99. The number of aliphatic hydroxyl groups is 1. The fourth-order valence-electron chi connectivity index (χ4n) is 2.33. The molecule has 1 amide bonds. The van der Waals surface area contributed by atoms with E-state index in [1.165, 1.54) is 6.20 Å². The molecule has 3 N–H and O–H groups in total. The van der Waals surface area contributed by atoms with Gasteiger partial charge in [0.05, 0.1) is 37.2 Å². The highest BCUT2D eigenvalue weighted by Crippen LogP contribution is 2.24. The van der Waals surface area contributed by atoms with E-state index < -0.39 is 0 Å². The van der Waals surface area contributed by atoms with Gasteiger partial charge in [0, 0.05) is 5.56 Å². The molecule has 6 nitrogen and oxygen atoms in total. The normalized spacial score (nSPS) is 13.4. The molecule has 2 atom stereocenters. The van der Waals surface area contributed by atoms with E-state index in [-0.39, 0.29) is 24.5 Å². The molecule has 0 saturated heterocycles. The highest BCUT2D eigenvalue weighted by Gasteiger charge is 2.21. The second kappa shape index (κ2) is 7.78. The number of nitrogens with one attached hydrogen (secondary N) is 2. The predicted octanol–water partition coefficient (Wildman–Crippen LogP) is 2.22. The first-order valence-electron chi connectivity index (χ1n) is 7.70. The Morgan fingerprint density at radius 1 is 1.39 bits per heavy atom. The molecule has 0 spiro atoms. The van der Waals surface area contributed by atoms with Crippen LogP contribution in [0.5, 0.6) is 5.75 Å². The molecule has 6 heteroatoms. The van der Waals surface area contributed by atoms with E-state index in [1.807, 2.05) is 38.1 Å². The quantitative estimate of drug-likeness (QED) is 0.731. The van der Waals surface area contributed by atoms with Crippen molar-refractivity contribution in [2.24, 2.45) is 5.92 Å². The molecule has 23 heavy (non-hydrogen) atoms. The lowest BCUT2D eigenvalue weighted by Crippen LogP contribution is -2.41. The fourth-order valence-corrected chi connectivity index (χ4v) is 2.33. The second-order valence-corrected chi connectivity index (χ2v) is 5.54. The average Bonchev–Trinajstić information content (AvgIpc) is 3.08. The molecule has 0 fully saturated rings. The monoisotopic (exact) mass is 317 g/mol. The Kier molecular flexibility index (Phi) is 5.76. The SMILES string of the molecule is CC[C@H](C)[C@H](CO)NC(=O)c1cn[nH]c1-c1ccc(OC)cc1. The number of nitrogens with zero attached hydrogens (tertiary/aromatic N) is 1. The molecule has 1 aromatic heterocycles. The third kappa shape index (κ3) is 3.90. The van der Waals surface area contributed by atoms with Crippen LogP contribution in [0.4, 0.5) is 0 Å². The molecule has 2 aromatic rings. The Morgan fingerprint density at radius 2 is 2.09 bits per heavy atom. The maximum atomic E-state index is 12.5. The van der Waals surface area contributed by atoms with Crippen LogP contribution in [0.1, 0.15) is 30.6 Å². The molecule has 124 valence electrons. The minimum Gasteiger partial charge on any atom is -0.497 e. The van der Waals surface area contributed by atoms with Gasteiger partial charge in [-0.1, -0.05) is 20.3 Å². The second-order valence-electron chi connectivity index (χ2n) is 5.54. The summed E-state index contributed by atoms with van der Waals surface area (Å²) in [6, 6.07) is 7.11. The number of amides is 1. The zero-order valence-electron chi connectivity index (χ0n) is 13.7. The number of carbonyl (C=O) groups excluding carboxylic acids is 1. The van der Waals surface area contributed by atoms with Crippen molar-refractivity contribution in [1.82, 2.24) is 15.5 Å². The number of carbonyl (C=O) groups is 1. The van der Waals surface area contributed by atoms with E-state index in [0.29, 0.717) is 11.3 Å². The molecular weight excluding hydrogens is 294 g/mol. The molecule has 0 bridgehead atoms. The molecule has 0 saturated carbocycles. The van der Waals surface area contributed by atoms with E-state index in [9.17, 15) is 9.90 Å². The smallest absolute Gasteiger partial charge is 0.255 e. The Bertz CT molecular complexity index is 637. The van der Waals surface area contributed by atoms with Crippen molar-refractivity contribution in [3.05, 3.63) is 36.0 Å². The number of H-pyrrole nitrogens is 1. The number of rotatable bonds is 7. The molecule has 0 unspecified atom stereocenters. The van der Waals surface area contributed by atoms with Crippen LogP contribution in [0.2, 0.25) is 0 Å². The molecule has 1 aromatic carbocycles. The van der Waals surface area contributed by atoms with Gasteiger partial charge in [0.2, 0.25) is 0 Å². The first-order valence-corrected chi connectivity index (χ1v) is 7.70. The van der Waals surface area contributed by atoms with Gasteiger partial charge in [-0.2, -0.15) is 5.10 Å². The summed E-state index contributed by atoms with van der Waals surface area (Å²) in [5.74, 6) is 0.695. The maximum absolute atomic E-state index is 12.5. The summed E-state index contributed by atoms with van der Waals surface area (Å²) in [7, 11) is 1.61. The van der Waals surface area contributed by atoms with Crippen LogP contribution >= 0.6 is 0 Å². The van der Waals surface area contributed by atoms with Crippen LogP contribution in [0, 0.1) is 5.92 Å². The number of aliphatic hydroxyl groups excluding tert-OH is 1. The number of benzene rings is 1. The van der Waals surface area contributed by atoms with Gasteiger partial charge < -0.3 is 15.2 Å². The summed E-state index contributed by atoms with van der Waals surface area (Å²) in [4.78, 5) is 12.5. The van der Waals surface area contributed by atoms with Gasteiger partial charge >= 0.3 is 0 Å². The predicted molar refractivity (Wildman–Crippen MR) is 88.4 cm³/mol. The number of aromatic amines is 1. The minimum absolute atomic E-state index is 0.0868. The summed E-state index contributed by atoms with van der Waals surface area (Å²) in [6.07, 6.45) is 2.38. The maximum Gasteiger partial charge on any atom is 0.255 e. The number of aromatic nitrogens is 2. The highest BCUT2D eigenvalue weighted by atomic mass is 16.5. The van der Waals surface area contributed by atoms with Crippen molar-refractivity contribution in [2.75, 3.05) is 13.7 Å². The van der Waals surface area contributed by atoms with Gasteiger partial charge in [0.15, 0.2) is 0 Å². The molecule has 0 aliphatic rings. The zero-order valence-corrected chi connectivity index (χ0v) is 13.7. The first-order chi connectivity index (χ1) is 11.1. The lowest BCUT2D eigenvalue weighted by Gasteiger charge is -2.22. The molecular formula is C17H23N3O3. The minimum atomic E-state index is -0.272. The van der Waals surface area contributed by atoms with Gasteiger partial charge in [0.25, 0.3) is 5.91 Å². The molecule has 0 radical (unpaired) electrons. The third-order valence-electron chi connectivity index (χ3n) is 4.11. The van der Waals surface area contributed by atoms with Crippen LogP contribution in [-0.4, -0.2) is 41.0 Å². The highest BCUT2D eigenvalue weighted by molar-refractivity contribution is 5.99. The molecule has 0 aliphatic carbocycles. The van der Waals surface area contributed by atoms with Crippen LogP contribution in [0.25, 0.3) is 11.3 Å². The van der Waals surface area contributed by atoms with Gasteiger partial charge in [-0.05, 0) is 30.2 Å². The third-order valence-corrected chi connectivity index (χ3v) is 4.11. The number of hydrogen-bond donors (Lipinski definition) is 3. The van der Waals surface area contributed by atoms with Crippen molar-refractivity contribution in [1.29, 1.82) is 0 Å². The van der Waals surface area contributed by atoms with Crippen LogP contribution in [-0.2, 0) is 0 Å². The van der Waals surface area contributed by atoms with Crippen LogP contribution < -0.4 is 10.1 Å². The van der Waals surface area contributed by atoms with Gasteiger partial charge in [0.1, 0.15) is 5.75 Å². The molecule has 1 heterocycles. The Hall–Kier alpha value is -2.34. The summed E-state index contributed by atoms with van der Waals surface area (Å²) in [5, 5.41) is 19.2. The van der Waals surface area contributed by atoms with E-state index in [2.05, 4.69) is 15.5 Å². The summed E-state index contributed by atoms with van der Waals surface area (Å²) in [5.41, 5.74) is 1.94. The van der Waals surface area contributed by atoms with Crippen LogP contribution in [0.15, 0.2) is 30.5 Å². The van der Waals surface area contributed by atoms with Gasteiger partial charge in [-0.25, -0.2) is 0 Å².